The van der Waals surface area contributed by atoms with Gasteiger partial charge in [0.25, 0.3) is 0 Å². The molecule has 0 fully saturated rings. The molecule has 1 aliphatic carbocycles. The van der Waals surface area contributed by atoms with Crippen LogP contribution in [0.15, 0.2) is 48.5 Å². The first-order chi connectivity index (χ1) is 19.1. The second kappa shape index (κ2) is 13.0. The van der Waals surface area contributed by atoms with Crippen LogP contribution in [0.4, 0.5) is 9.59 Å². The number of benzene rings is 2. The molecule has 2 aromatic carbocycles. The van der Waals surface area contributed by atoms with Crippen molar-refractivity contribution >= 4 is 24.1 Å². The van der Waals surface area contributed by atoms with Crippen molar-refractivity contribution in [1.82, 2.24) is 10.6 Å². The number of esters is 1. The van der Waals surface area contributed by atoms with Crippen LogP contribution in [0, 0.1) is 0 Å². The molecule has 2 aromatic rings. The van der Waals surface area contributed by atoms with Crippen LogP contribution in [0.25, 0.3) is 11.1 Å². The average molecular weight is 571 g/mol. The van der Waals surface area contributed by atoms with Gasteiger partial charge in [0, 0.05) is 5.92 Å². The van der Waals surface area contributed by atoms with Crippen LogP contribution in [0.5, 0.6) is 0 Å². The van der Waals surface area contributed by atoms with Gasteiger partial charge in [0.05, 0.1) is 12.2 Å². The van der Waals surface area contributed by atoms with E-state index in [4.69, 9.17) is 18.9 Å². The van der Waals surface area contributed by atoms with Gasteiger partial charge >= 0.3 is 24.1 Å². The molecule has 0 aromatic heterocycles. The topological polar surface area (TPSA) is 149 Å². The zero-order valence-electron chi connectivity index (χ0n) is 24.2. The summed E-state index contributed by atoms with van der Waals surface area (Å²) in [5.41, 5.74) is 2.71. The van der Waals surface area contributed by atoms with E-state index in [-0.39, 0.29) is 19.1 Å². The number of carboxylic acid groups (broad SMARTS) is 1. The van der Waals surface area contributed by atoms with Crippen LogP contribution < -0.4 is 10.6 Å². The van der Waals surface area contributed by atoms with E-state index in [1.807, 2.05) is 48.5 Å². The third kappa shape index (κ3) is 9.21. The van der Waals surface area contributed by atoms with E-state index < -0.39 is 54.0 Å². The second-order valence-electron chi connectivity index (χ2n) is 11.6. The first kappa shape index (κ1) is 31.4. The number of carbonyl (C=O) groups is 4. The van der Waals surface area contributed by atoms with Crippen molar-refractivity contribution in [3.63, 3.8) is 0 Å². The summed E-state index contributed by atoms with van der Waals surface area (Å²) in [6.07, 6.45) is -1.85. The number of ether oxygens (including phenoxy) is 4. The molecule has 0 radical (unpaired) electrons. The number of carboxylic acids is 1. The van der Waals surface area contributed by atoms with Gasteiger partial charge in [-0.3, -0.25) is 0 Å². The van der Waals surface area contributed by atoms with E-state index in [0.717, 1.165) is 22.3 Å². The third-order valence-corrected chi connectivity index (χ3v) is 5.98. The molecule has 2 atom stereocenters. The van der Waals surface area contributed by atoms with Crippen LogP contribution in [0.3, 0.4) is 0 Å². The minimum atomic E-state index is -1.58. The lowest BCUT2D eigenvalue weighted by atomic mass is 9.98. The minimum absolute atomic E-state index is 0.0304. The number of alkyl carbamates (subject to hydrolysis) is 2. The van der Waals surface area contributed by atoms with Crippen molar-refractivity contribution in [2.45, 2.75) is 70.7 Å². The SMILES string of the molecule is CC(C)(C)OCC(NC(=O)OCC1c2ccccc2-c2ccccc21)C(=O)OCC(NC(=O)OC(C)(C)C)C(=O)O. The van der Waals surface area contributed by atoms with Gasteiger partial charge in [-0.15, -0.1) is 0 Å². The van der Waals surface area contributed by atoms with Crippen LogP contribution in [-0.4, -0.2) is 72.3 Å². The van der Waals surface area contributed by atoms with E-state index in [1.54, 1.807) is 41.5 Å². The van der Waals surface area contributed by atoms with Crippen molar-refractivity contribution in [2.24, 2.45) is 0 Å². The van der Waals surface area contributed by atoms with E-state index in [9.17, 15) is 24.3 Å². The highest BCUT2D eigenvalue weighted by molar-refractivity contribution is 5.83. The first-order valence-corrected chi connectivity index (χ1v) is 13.3. The predicted octanol–water partition coefficient (Wildman–Crippen LogP) is 4.23. The Kier molecular flexibility index (Phi) is 9.98. The van der Waals surface area contributed by atoms with Gasteiger partial charge in [-0.1, -0.05) is 48.5 Å². The number of rotatable bonds is 10. The molecule has 11 nitrogen and oxygen atoms in total. The summed E-state index contributed by atoms with van der Waals surface area (Å²) in [7, 11) is 0. The van der Waals surface area contributed by atoms with Gasteiger partial charge in [-0.05, 0) is 63.8 Å². The summed E-state index contributed by atoms with van der Waals surface area (Å²) in [6.45, 7) is 9.25. The van der Waals surface area contributed by atoms with Gasteiger partial charge in [0.15, 0.2) is 12.1 Å². The Hall–Kier alpha value is -4.12. The van der Waals surface area contributed by atoms with Gasteiger partial charge in [-0.25, -0.2) is 19.2 Å². The standard InChI is InChI=1S/C30H38N2O9/c1-29(2,3)40-17-24(26(35)38-16-23(25(33)34)31-28(37)41-30(4,5)6)32-27(36)39-15-22-20-13-9-7-11-18(20)19-12-8-10-14-21(19)22/h7-14,22-24H,15-17H2,1-6H3,(H,31,37)(H,32,36)(H,33,34). The fraction of sp³-hybridized carbons (Fsp3) is 0.467. The van der Waals surface area contributed by atoms with Crippen LogP contribution in [0.1, 0.15) is 58.6 Å². The zero-order valence-corrected chi connectivity index (χ0v) is 24.2. The summed E-state index contributed by atoms with van der Waals surface area (Å²) < 4.78 is 21.4. The van der Waals surface area contributed by atoms with Crippen LogP contribution in [-0.2, 0) is 28.5 Å². The quantitative estimate of drug-likeness (QED) is 0.282. The minimum Gasteiger partial charge on any atom is -0.480 e. The Morgan fingerprint density at radius 1 is 0.756 bits per heavy atom. The number of aliphatic carboxylic acids is 1. The van der Waals surface area contributed by atoms with Crippen LogP contribution >= 0.6 is 0 Å². The summed E-state index contributed by atoms with van der Waals surface area (Å²) in [5.74, 6) is -2.57. The molecule has 1 aliphatic rings. The molecule has 41 heavy (non-hydrogen) atoms. The fourth-order valence-electron chi connectivity index (χ4n) is 4.17. The van der Waals surface area contributed by atoms with Gasteiger partial charge in [-0.2, -0.15) is 0 Å². The highest BCUT2D eigenvalue weighted by atomic mass is 16.6. The molecule has 0 bridgehead atoms. The summed E-state index contributed by atoms with van der Waals surface area (Å²) in [6, 6.07) is 12.9. The fourth-order valence-corrected chi connectivity index (χ4v) is 4.17. The second-order valence-corrected chi connectivity index (χ2v) is 11.6. The number of nitrogens with one attached hydrogen (secondary N) is 2. The van der Waals surface area contributed by atoms with Gasteiger partial charge in [0.1, 0.15) is 18.8 Å². The maximum Gasteiger partial charge on any atom is 0.408 e. The summed E-state index contributed by atoms with van der Waals surface area (Å²) in [4.78, 5) is 49.4. The Morgan fingerprint density at radius 2 is 1.29 bits per heavy atom. The Morgan fingerprint density at radius 3 is 1.80 bits per heavy atom. The number of fused-ring (bicyclic) bond motifs is 3. The van der Waals surface area contributed by atoms with Crippen molar-refractivity contribution in [1.29, 1.82) is 0 Å². The van der Waals surface area contributed by atoms with Crippen molar-refractivity contribution in [3.8, 4) is 11.1 Å². The lowest BCUT2D eigenvalue weighted by Crippen LogP contribution is -2.50. The van der Waals surface area contributed by atoms with Crippen molar-refractivity contribution < 1.29 is 43.2 Å². The highest BCUT2D eigenvalue weighted by Gasteiger charge is 2.32. The normalized spacial score (nSPS) is 14.2. The van der Waals surface area contributed by atoms with Gasteiger partial charge < -0.3 is 34.7 Å². The molecule has 11 heteroatoms. The van der Waals surface area contributed by atoms with E-state index in [1.165, 1.54) is 0 Å². The number of hydrogen-bond donors (Lipinski definition) is 3. The average Bonchev–Trinajstić information content (AvgIpc) is 3.19. The zero-order chi connectivity index (χ0) is 30.4. The molecule has 0 saturated heterocycles. The molecular weight excluding hydrogens is 532 g/mol. The lowest BCUT2D eigenvalue weighted by Gasteiger charge is -2.25. The van der Waals surface area contributed by atoms with Gasteiger partial charge in [0.2, 0.25) is 0 Å². The molecule has 0 heterocycles. The summed E-state index contributed by atoms with van der Waals surface area (Å²) >= 11 is 0. The van der Waals surface area contributed by atoms with Crippen molar-refractivity contribution in [3.05, 3.63) is 59.7 Å². The Bertz CT molecular complexity index is 1220. The molecule has 0 aliphatic heterocycles. The highest BCUT2D eigenvalue weighted by Crippen LogP contribution is 2.44. The number of amides is 2. The first-order valence-electron chi connectivity index (χ1n) is 13.3. The Balaban J connectivity index is 1.64. The monoisotopic (exact) mass is 570 g/mol. The maximum absolute atomic E-state index is 12.9. The maximum atomic E-state index is 12.9. The molecule has 3 rings (SSSR count). The van der Waals surface area contributed by atoms with Crippen molar-refractivity contribution in [2.75, 3.05) is 19.8 Å². The molecule has 222 valence electrons. The molecule has 2 unspecified atom stereocenters. The van der Waals surface area contributed by atoms with E-state index >= 15 is 0 Å². The number of hydrogen-bond acceptors (Lipinski definition) is 8. The molecule has 3 N–H and O–H groups in total. The number of carbonyl (C=O) groups excluding carboxylic acids is 3. The molecule has 0 spiro atoms. The largest absolute Gasteiger partial charge is 0.480 e. The predicted molar refractivity (Wildman–Crippen MR) is 149 cm³/mol. The van der Waals surface area contributed by atoms with Crippen LogP contribution in [0.2, 0.25) is 0 Å². The van der Waals surface area contributed by atoms with E-state index in [0.29, 0.717) is 0 Å². The molecule has 0 saturated carbocycles. The summed E-state index contributed by atoms with van der Waals surface area (Å²) in [5, 5.41) is 14.1. The molecule has 2 amide bonds. The molecular formula is C30H38N2O9. The smallest absolute Gasteiger partial charge is 0.408 e. The third-order valence-electron chi connectivity index (χ3n) is 5.98. The Labute approximate surface area is 239 Å². The van der Waals surface area contributed by atoms with E-state index in [2.05, 4.69) is 10.6 Å². The lowest BCUT2D eigenvalue weighted by molar-refractivity contribution is -0.152.